The maximum Gasteiger partial charge on any atom is 0.183 e. The average Bonchev–Trinajstić information content (AvgIpc) is 3.31. The summed E-state index contributed by atoms with van der Waals surface area (Å²) in [7, 11) is 0. The number of hydrogen-bond acceptors (Lipinski definition) is 5. The molecule has 2 saturated heterocycles. The van der Waals surface area contributed by atoms with Gasteiger partial charge in [-0.25, -0.2) is 0 Å². The lowest BCUT2D eigenvalue weighted by atomic mass is 10.0. The van der Waals surface area contributed by atoms with Gasteiger partial charge >= 0.3 is 0 Å². The van der Waals surface area contributed by atoms with E-state index < -0.39 is 0 Å². The van der Waals surface area contributed by atoms with Crippen LogP contribution in [0, 0.1) is 0 Å². The molecular weight excluding hydrogens is 312 g/mol. The van der Waals surface area contributed by atoms with E-state index in [1.807, 2.05) is 16.8 Å². The fourth-order valence-corrected chi connectivity index (χ4v) is 4.26. The third-order valence-electron chi connectivity index (χ3n) is 5.54. The van der Waals surface area contributed by atoms with Crippen molar-refractivity contribution in [3.63, 3.8) is 0 Å². The first-order valence-electron chi connectivity index (χ1n) is 9.09. The van der Waals surface area contributed by atoms with Crippen molar-refractivity contribution in [2.24, 2.45) is 0 Å². The number of pyridine rings is 1. The third-order valence-corrected chi connectivity index (χ3v) is 5.54. The normalized spacial score (nSPS) is 21.7. The molecule has 0 saturated carbocycles. The summed E-state index contributed by atoms with van der Waals surface area (Å²) < 4.78 is 1.81. The molecule has 1 aromatic carbocycles. The molecule has 3 aromatic rings. The molecule has 6 heteroatoms. The Hall–Kier alpha value is -2.31. The molecule has 2 aromatic heterocycles. The maximum absolute atomic E-state index is 4.25. The van der Waals surface area contributed by atoms with Gasteiger partial charge in [0.15, 0.2) is 5.65 Å². The molecule has 1 unspecified atom stereocenters. The van der Waals surface area contributed by atoms with E-state index >= 15 is 0 Å². The third kappa shape index (κ3) is 2.81. The van der Waals surface area contributed by atoms with Crippen LogP contribution < -0.4 is 0 Å². The van der Waals surface area contributed by atoms with Crippen LogP contribution in [0.5, 0.6) is 0 Å². The molecule has 0 N–H and O–H groups in total. The quantitative estimate of drug-likeness (QED) is 0.734. The van der Waals surface area contributed by atoms with Crippen LogP contribution in [0.2, 0.25) is 0 Å². The Morgan fingerprint density at radius 2 is 1.96 bits per heavy atom. The first-order chi connectivity index (χ1) is 12.4. The highest BCUT2D eigenvalue weighted by Crippen LogP contribution is 2.25. The van der Waals surface area contributed by atoms with E-state index in [2.05, 4.69) is 55.7 Å². The lowest BCUT2D eigenvalue weighted by molar-refractivity contribution is 0.0995. The van der Waals surface area contributed by atoms with Gasteiger partial charge in [-0.2, -0.15) is 4.52 Å². The second-order valence-corrected chi connectivity index (χ2v) is 7.13. The maximum atomic E-state index is 4.25. The Balaban J connectivity index is 1.47. The van der Waals surface area contributed by atoms with Crippen molar-refractivity contribution < 1.29 is 0 Å². The minimum Gasteiger partial charge on any atom is -0.298 e. The molecule has 2 fully saturated rings. The summed E-state index contributed by atoms with van der Waals surface area (Å²) in [6.07, 6.45) is 4.70. The van der Waals surface area contributed by atoms with Crippen molar-refractivity contribution in [2.45, 2.75) is 25.4 Å². The molecule has 4 heterocycles. The molecule has 0 radical (unpaired) electrons. The Labute approximate surface area is 147 Å². The van der Waals surface area contributed by atoms with E-state index in [4.69, 9.17) is 0 Å². The zero-order valence-electron chi connectivity index (χ0n) is 14.3. The zero-order chi connectivity index (χ0) is 16.6. The number of piperazine rings is 1. The van der Waals surface area contributed by atoms with Crippen molar-refractivity contribution in [1.82, 2.24) is 29.8 Å². The first kappa shape index (κ1) is 15.0. The van der Waals surface area contributed by atoms with Crippen LogP contribution in [0.3, 0.4) is 0 Å². The van der Waals surface area contributed by atoms with Crippen molar-refractivity contribution >= 4 is 5.65 Å². The molecule has 128 valence electrons. The Morgan fingerprint density at radius 3 is 2.88 bits per heavy atom. The lowest BCUT2D eigenvalue weighted by Crippen LogP contribution is -2.49. The molecule has 0 aliphatic carbocycles. The highest BCUT2D eigenvalue weighted by atomic mass is 15.5. The van der Waals surface area contributed by atoms with E-state index in [9.17, 15) is 0 Å². The molecule has 0 amide bonds. The predicted octanol–water partition coefficient (Wildman–Crippen LogP) is 2.07. The summed E-state index contributed by atoms with van der Waals surface area (Å²) in [5.41, 5.74) is 4.43. The van der Waals surface area contributed by atoms with Crippen LogP contribution in [0.25, 0.3) is 16.8 Å². The topological polar surface area (TPSA) is 49.6 Å². The molecule has 2 aliphatic heterocycles. The van der Waals surface area contributed by atoms with Gasteiger partial charge < -0.3 is 0 Å². The monoisotopic (exact) mass is 334 g/mol. The van der Waals surface area contributed by atoms with E-state index in [0.717, 1.165) is 36.9 Å². The fourth-order valence-electron chi connectivity index (χ4n) is 4.26. The van der Waals surface area contributed by atoms with Crippen LogP contribution >= 0.6 is 0 Å². The number of tetrazole rings is 1. The van der Waals surface area contributed by atoms with E-state index in [0.29, 0.717) is 0 Å². The van der Waals surface area contributed by atoms with Gasteiger partial charge in [-0.3, -0.25) is 9.80 Å². The SMILES string of the molecule is c1ccc(-c2cc(CN3CCN4CCCC4C3)c3nnnn3c2)cc1. The smallest absolute Gasteiger partial charge is 0.183 e. The van der Waals surface area contributed by atoms with Crippen molar-refractivity contribution in [2.75, 3.05) is 26.2 Å². The Morgan fingerprint density at radius 1 is 1.04 bits per heavy atom. The van der Waals surface area contributed by atoms with E-state index in [1.54, 1.807) is 0 Å². The molecule has 0 bridgehead atoms. The van der Waals surface area contributed by atoms with E-state index in [1.165, 1.54) is 37.1 Å². The number of rotatable bonds is 3. The zero-order valence-corrected chi connectivity index (χ0v) is 14.3. The number of hydrogen-bond donors (Lipinski definition) is 0. The number of benzene rings is 1. The number of nitrogens with zero attached hydrogens (tertiary/aromatic N) is 6. The van der Waals surface area contributed by atoms with Crippen molar-refractivity contribution in [3.8, 4) is 11.1 Å². The Kier molecular flexibility index (Phi) is 3.72. The second kappa shape index (κ2) is 6.20. The van der Waals surface area contributed by atoms with Gasteiger partial charge in [0.2, 0.25) is 0 Å². The van der Waals surface area contributed by atoms with Gasteiger partial charge in [0.05, 0.1) is 0 Å². The van der Waals surface area contributed by atoms with Gasteiger partial charge in [0.25, 0.3) is 0 Å². The summed E-state index contributed by atoms with van der Waals surface area (Å²) in [6, 6.07) is 13.4. The molecular formula is C19H22N6. The van der Waals surface area contributed by atoms with Gasteiger partial charge in [0, 0.05) is 49.5 Å². The number of aromatic nitrogens is 4. The summed E-state index contributed by atoms with van der Waals surface area (Å²) >= 11 is 0. The van der Waals surface area contributed by atoms with Crippen LogP contribution in [-0.4, -0.2) is 62.1 Å². The first-order valence-corrected chi connectivity index (χ1v) is 9.09. The lowest BCUT2D eigenvalue weighted by Gasteiger charge is -2.37. The molecule has 1 atom stereocenters. The summed E-state index contributed by atoms with van der Waals surface area (Å²) in [4.78, 5) is 5.20. The highest BCUT2D eigenvalue weighted by molar-refractivity contribution is 5.66. The largest absolute Gasteiger partial charge is 0.298 e. The molecule has 2 aliphatic rings. The summed E-state index contributed by atoms with van der Waals surface area (Å²) in [5, 5.41) is 12.3. The molecule has 5 rings (SSSR count). The van der Waals surface area contributed by atoms with Crippen LogP contribution in [0.15, 0.2) is 42.6 Å². The fraction of sp³-hybridized carbons (Fsp3) is 0.421. The Bertz CT molecular complexity index is 874. The second-order valence-electron chi connectivity index (χ2n) is 7.13. The molecule has 25 heavy (non-hydrogen) atoms. The van der Waals surface area contributed by atoms with Crippen molar-refractivity contribution in [1.29, 1.82) is 0 Å². The molecule has 0 spiro atoms. The van der Waals surface area contributed by atoms with Gasteiger partial charge in [-0.15, -0.1) is 5.10 Å². The van der Waals surface area contributed by atoms with Gasteiger partial charge in [-0.1, -0.05) is 30.3 Å². The van der Waals surface area contributed by atoms with Crippen molar-refractivity contribution in [3.05, 3.63) is 48.2 Å². The van der Waals surface area contributed by atoms with Gasteiger partial charge in [0.1, 0.15) is 0 Å². The number of fused-ring (bicyclic) bond motifs is 2. The summed E-state index contributed by atoms with van der Waals surface area (Å²) in [6.45, 7) is 5.66. The van der Waals surface area contributed by atoms with Crippen LogP contribution in [0.4, 0.5) is 0 Å². The standard InChI is InChI=1S/C19H22N6/c1-2-5-15(6-3-1)16-11-17(19-20-21-22-25(19)13-16)12-23-9-10-24-8-4-7-18(24)14-23/h1-3,5-6,11,13,18H,4,7-10,12,14H2. The minimum atomic E-state index is 0.734. The average molecular weight is 334 g/mol. The minimum absolute atomic E-state index is 0.734. The van der Waals surface area contributed by atoms with E-state index in [-0.39, 0.29) is 0 Å². The highest BCUT2D eigenvalue weighted by Gasteiger charge is 2.30. The van der Waals surface area contributed by atoms with Gasteiger partial charge in [-0.05, 0) is 41.4 Å². The summed E-state index contributed by atoms with van der Waals surface area (Å²) in [5.74, 6) is 0. The predicted molar refractivity (Wildman–Crippen MR) is 96.1 cm³/mol. The van der Waals surface area contributed by atoms with Crippen LogP contribution in [-0.2, 0) is 6.54 Å². The van der Waals surface area contributed by atoms with Crippen LogP contribution in [0.1, 0.15) is 18.4 Å². The molecule has 6 nitrogen and oxygen atoms in total.